The monoisotopic (exact) mass is 228 g/mol. The zero-order chi connectivity index (χ0) is 12.3. The van der Waals surface area contributed by atoms with Gasteiger partial charge in [-0.25, -0.2) is 0 Å². The van der Waals surface area contributed by atoms with Gasteiger partial charge in [0.1, 0.15) is 17.2 Å². The van der Waals surface area contributed by atoms with Crippen molar-refractivity contribution in [2.45, 2.75) is 0 Å². The van der Waals surface area contributed by atoms with Crippen molar-refractivity contribution in [1.82, 2.24) is 0 Å². The molecule has 0 heterocycles. The third-order valence-corrected chi connectivity index (χ3v) is 2.39. The lowest BCUT2D eigenvalue weighted by Gasteiger charge is -2.00. The average molecular weight is 228 g/mol. The Labute approximate surface area is 98.9 Å². The van der Waals surface area contributed by atoms with Gasteiger partial charge < -0.3 is 15.3 Å². The van der Waals surface area contributed by atoms with Crippen molar-refractivity contribution in [2.24, 2.45) is 0 Å². The average Bonchev–Trinajstić information content (AvgIpc) is 2.30. The van der Waals surface area contributed by atoms with E-state index in [2.05, 4.69) is 0 Å². The van der Waals surface area contributed by atoms with Gasteiger partial charge in [-0.15, -0.1) is 0 Å². The molecule has 3 nitrogen and oxygen atoms in total. The molecule has 0 spiro atoms. The van der Waals surface area contributed by atoms with Crippen LogP contribution in [0.15, 0.2) is 42.5 Å². The molecule has 0 fully saturated rings. The minimum atomic E-state index is -0.00308. The van der Waals surface area contributed by atoms with Crippen molar-refractivity contribution < 1.29 is 15.3 Å². The molecule has 0 amide bonds. The maximum atomic E-state index is 9.56. The van der Waals surface area contributed by atoms with E-state index >= 15 is 0 Å². The molecule has 0 saturated carbocycles. The lowest BCUT2D eigenvalue weighted by Crippen LogP contribution is -1.76. The number of hydrogen-bond donors (Lipinski definition) is 3. The van der Waals surface area contributed by atoms with Gasteiger partial charge in [0.05, 0.1) is 0 Å². The fourth-order valence-corrected chi connectivity index (χ4v) is 1.48. The summed E-state index contributed by atoms with van der Waals surface area (Å²) >= 11 is 0. The van der Waals surface area contributed by atoms with Crippen LogP contribution in [0, 0.1) is 0 Å². The topological polar surface area (TPSA) is 60.7 Å². The predicted octanol–water partition coefficient (Wildman–Crippen LogP) is 2.97. The van der Waals surface area contributed by atoms with Gasteiger partial charge in [-0.2, -0.15) is 0 Å². The van der Waals surface area contributed by atoms with E-state index in [1.54, 1.807) is 36.4 Å². The summed E-state index contributed by atoms with van der Waals surface area (Å²) in [6.07, 6.45) is 3.37. The summed E-state index contributed by atoms with van der Waals surface area (Å²) < 4.78 is 0. The molecular weight excluding hydrogens is 216 g/mol. The van der Waals surface area contributed by atoms with Crippen molar-refractivity contribution >= 4 is 12.2 Å². The van der Waals surface area contributed by atoms with E-state index in [0.29, 0.717) is 11.1 Å². The number of phenolic OH excluding ortho intramolecular Hbond substituents is 3. The molecule has 0 unspecified atom stereocenters. The molecule has 0 radical (unpaired) electrons. The van der Waals surface area contributed by atoms with Crippen LogP contribution in [-0.4, -0.2) is 15.3 Å². The van der Waals surface area contributed by atoms with Crippen LogP contribution in [0.5, 0.6) is 17.2 Å². The van der Waals surface area contributed by atoms with Crippen LogP contribution in [0.25, 0.3) is 12.2 Å². The number of rotatable bonds is 2. The standard InChI is InChI=1S/C14H12O3/c15-12-8-7-11(14(17)9-12)6-5-10-3-1-2-4-13(10)16/h1-9,15-17H. The van der Waals surface area contributed by atoms with E-state index in [-0.39, 0.29) is 17.2 Å². The highest BCUT2D eigenvalue weighted by Crippen LogP contribution is 2.25. The summed E-state index contributed by atoms with van der Waals surface area (Å²) in [6.45, 7) is 0. The Bertz CT molecular complexity index is 559. The summed E-state index contributed by atoms with van der Waals surface area (Å²) in [7, 11) is 0. The molecular formula is C14H12O3. The molecule has 0 aliphatic heterocycles. The van der Waals surface area contributed by atoms with Crippen LogP contribution in [0.3, 0.4) is 0 Å². The first-order valence-corrected chi connectivity index (χ1v) is 5.15. The third-order valence-electron chi connectivity index (χ3n) is 2.39. The van der Waals surface area contributed by atoms with Crippen LogP contribution < -0.4 is 0 Å². The lowest BCUT2D eigenvalue weighted by molar-refractivity contribution is 0.450. The van der Waals surface area contributed by atoms with Crippen LogP contribution in [-0.2, 0) is 0 Å². The Morgan fingerprint density at radius 2 is 1.35 bits per heavy atom. The second-order valence-electron chi connectivity index (χ2n) is 3.64. The van der Waals surface area contributed by atoms with Crippen LogP contribution >= 0.6 is 0 Å². The summed E-state index contributed by atoms with van der Waals surface area (Å²) in [4.78, 5) is 0. The Hall–Kier alpha value is -2.42. The third kappa shape index (κ3) is 2.58. The highest BCUT2D eigenvalue weighted by atomic mass is 16.3. The molecule has 0 aromatic heterocycles. The number of hydrogen-bond acceptors (Lipinski definition) is 3. The zero-order valence-corrected chi connectivity index (χ0v) is 9.04. The van der Waals surface area contributed by atoms with Gasteiger partial charge in [-0.1, -0.05) is 30.4 Å². The maximum absolute atomic E-state index is 9.56. The van der Waals surface area contributed by atoms with E-state index < -0.39 is 0 Å². The summed E-state index contributed by atoms with van der Waals surface area (Å²) in [5, 5.41) is 28.3. The van der Waals surface area contributed by atoms with Crippen molar-refractivity contribution in [3.63, 3.8) is 0 Å². The maximum Gasteiger partial charge on any atom is 0.126 e. The molecule has 0 saturated heterocycles. The summed E-state index contributed by atoms with van der Waals surface area (Å²) in [6, 6.07) is 11.3. The first-order valence-electron chi connectivity index (χ1n) is 5.15. The van der Waals surface area contributed by atoms with Crippen LogP contribution in [0.4, 0.5) is 0 Å². The number of para-hydroxylation sites is 1. The molecule has 0 aliphatic carbocycles. The number of aromatic hydroxyl groups is 3. The van der Waals surface area contributed by atoms with E-state index in [4.69, 9.17) is 5.11 Å². The first-order chi connectivity index (χ1) is 8.16. The van der Waals surface area contributed by atoms with Crippen molar-refractivity contribution in [2.75, 3.05) is 0 Å². The molecule has 0 bridgehead atoms. The van der Waals surface area contributed by atoms with E-state index in [9.17, 15) is 10.2 Å². The minimum Gasteiger partial charge on any atom is -0.508 e. The normalized spacial score (nSPS) is 10.8. The molecule has 3 heteroatoms. The van der Waals surface area contributed by atoms with Crippen LogP contribution in [0.2, 0.25) is 0 Å². The molecule has 2 aromatic carbocycles. The van der Waals surface area contributed by atoms with Gasteiger partial charge in [-0.05, 0) is 18.2 Å². The van der Waals surface area contributed by atoms with Crippen molar-refractivity contribution in [1.29, 1.82) is 0 Å². The Morgan fingerprint density at radius 1 is 0.706 bits per heavy atom. The second kappa shape index (κ2) is 4.61. The summed E-state index contributed by atoms with van der Waals surface area (Å²) in [5.41, 5.74) is 1.24. The Kier molecular flexibility index (Phi) is 3.01. The number of phenols is 3. The minimum absolute atomic E-state index is 0.00308. The Balaban J connectivity index is 2.29. The molecule has 2 rings (SSSR count). The van der Waals surface area contributed by atoms with Gasteiger partial charge in [0.2, 0.25) is 0 Å². The largest absolute Gasteiger partial charge is 0.508 e. The molecule has 0 atom stereocenters. The fourth-order valence-electron chi connectivity index (χ4n) is 1.48. The molecule has 3 N–H and O–H groups in total. The van der Waals surface area contributed by atoms with Gasteiger partial charge >= 0.3 is 0 Å². The molecule has 0 aliphatic rings. The highest BCUT2D eigenvalue weighted by Gasteiger charge is 1.99. The van der Waals surface area contributed by atoms with Gasteiger partial charge in [0.25, 0.3) is 0 Å². The molecule has 2 aromatic rings. The SMILES string of the molecule is Oc1ccc(C=Cc2ccccc2O)c(O)c1. The second-order valence-corrected chi connectivity index (χ2v) is 3.64. The van der Waals surface area contributed by atoms with E-state index in [0.717, 1.165) is 0 Å². The Morgan fingerprint density at radius 3 is 2.00 bits per heavy atom. The van der Waals surface area contributed by atoms with E-state index in [1.165, 1.54) is 12.1 Å². The quantitative estimate of drug-likeness (QED) is 0.692. The fraction of sp³-hybridized carbons (Fsp3) is 0. The van der Waals surface area contributed by atoms with Gasteiger partial charge in [-0.3, -0.25) is 0 Å². The predicted molar refractivity (Wildman–Crippen MR) is 66.8 cm³/mol. The van der Waals surface area contributed by atoms with Crippen molar-refractivity contribution in [3.8, 4) is 17.2 Å². The molecule has 86 valence electrons. The van der Waals surface area contributed by atoms with Gasteiger partial charge in [0.15, 0.2) is 0 Å². The zero-order valence-electron chi connectivity index (χ0n) is 9.04. The smallest absolute Gasteiger partial charge is 0.126 e. The number of benzene rings is 2. The van der Waals surface area contributed by atoms with Gasteiger partial charge in [0, 0.05) is 17.2 Å². The van der Waals surface area contributed by atoms with Crippen LogP contribution in [0.1, 0.15) is 11.1 Å². The lowest BCUT2D eigenvalue weighted by atomic mass is 10.1. The molecule has 17 heavy (non-hydrogen) atoms. The van der Waals surface area contributed by atoms with E-state index in [1.807, 2.05) is 6.07 Å². The summed E-state index contributed by atoms with van der Waals surface area (Å²) in [5.74, 6) is 0.195. The first kappa shape index (κ1) is 11.1. The van der Waals surface area contributed by atoms with Crippen molar-refractivity contribution in [3.05, 3.63) is 53.6 Å². The highest BCUT2D eigenvalue weighted by molar-refractivity contribution is 5.74.